The first-order valence-electron chi connectivity index (χ1n) is 6.25. The van der Waals surface area contributed by atoms with Crippen LogP contribution in [-0.4, -0.2) is 44.2 Å². The minimum atomic E-state index is -3.52. The van der Waals surface area contributed by atoms with Gasteiger partial charge in [-0.1, -0.05) is 18.2 Å². The van der Waals surface area contributed by atoms with E-state index in [9.17, 15) is 13.2 Å². The Hall–Kier alpha value is -1.60. The molecule has 0 atom stereocenters. The molecule has 0 unspecified atom stereocenters. The first-order valence-corrected chi connectivity index (χ1v) is 7.90. The summed E-state index contributed by atoms with van der Waals surface area (Å²) in [6, 6.07) is 7.16. The van der Waals surface area contributed by atoms with Gasteiger partial charge in [-0.15, -0.1) is 0 Å². The third-order valence-corrected chi connectivity index (χ3v) is 3.93. The van der Waals surface area contributed by atoms with E-state index in [1.165, 1.54) is 0 Å². The van der Waals surface area contributed by atoms with Crippen molar-refractivity contribution in [1.29, 1.82) is 0 Å². The van der Waals surface area contributed by atoms with Crippen LogP contribution in [-0.2, 0) is 21.4 Å². The van der Waals surface area contributed by atoms with Crippen molar-refractivity contribution < 1.29 is 18.3 Å². The van der Waals surface area contributed by atoms with Gasteiger partial charge in [-0.05, 0) is 32.1 Å². The standard InChI is InChI=1S/C13H20N2O4S/c1-15(2)10-11-6-3-4-7-12(11)14-20(18,19)9-5-8-13(16)17/h3-4,6-7,14H,5,8-10H2,1-2H3,(H,16,17). The molecule has 0 saturated heterocycles. The van der Waals surface area contributed by atoms with E-state index in [0.717, 1.165) is 5.56 Å². The van der Waals surface area contributed by atoms with Crippen LogP contribution in [0.5, 0.6) is 0 Å². The van der Waals surface area contributed by atoms with Gasteiger partial charge in [-0.2, -0.15) is 0 Å². The van der Waals surface area contributed by atoms with E-state index in [1.54, 1.807) is 12.1 Å². The van der Waals surface area contributed by atoms with Crippen LogP contribution in [0.2, 0.25) is 0 Å². The molecule has 1 rings (SSSR count). The predicted molar refractivity (Wildman–Crippen MR) is 78.1 cm³/mol. The van der Waals surface area contributed by atoms with Crippen LogP contribution in [0.3, 0.4) is 0 Å². The van der Waals surface area contributed by atoms with Gasteiger partial charge in [0.15, 0.2) is 0 Å². The maximum Gasteiger partial charge on any atom is 0.303 e. The molecule has 0 aliphatic heterocycles. The van der Waals surface area contributed by atoms with Gasteiger partial charge in [0, 0.05) is 13.0 Å². The molecular weight excluding hydrogens is 280 g/mol. The fourth-order valence-electron chi connectivity index (χ4n) is 1.73. The first-order chi connectivity index (χ1) is 9.30. The minimum Gasteiger partial charge on any atom is -0.481 e. The zero-order chi connectivity index (χ0) is 15.2. The Morgan fingerprint density at radius 1 is 1.30 bits per heavy atom. The molecule has 6 nitrogen and oxygen atoms in total. The van der Waals surface area contributed by atoms with Gasteiger partial charge in [0.1, 0.15) is 0 Å². The average molecular weight is 300 g/mol. The molecule has 0 saturated carbocycles. The van der Waals surface area contributed by atoms with Crippen LogP contribution in [0.4, 0.5) is 5.69 Å². The van der Waals surface area contributed by atoms with E-state index < -0.39 is 16.0 Å². The fourth-order valence-corrected chi connectivity index (χ4v) is 2.89. The number of anilines is 1. The normalized spacial score (nSPS) is 11.6. The van der Waals surface area contributed by atoms with Crippen LogP contribution in [0, 0.1) is 0 Å². The Morgan fingerprint density at radius 2 is 1.95 bits per heavy atom. The molecule has 1 aromatic carbocycles. The number of aliphatic carboxylic acids is 1. The van der Waals surface area contributed by atoms with E-state index in [1.807, 2.05) is 31.1 Å². The Labute approximate surface area is 119 Å². The smallest absolute Gasteiger partial charge is 0.303 e. The number of sulfonamides is 1. The zero-order valence-corrected chi connectivity index (χ0v) is 12.5. The lowest BCUT2D eigenvalue weighted by Crippen LogP contribution is -2.20. The van der Waals surface area contributed by atoms with Crippen LogP contribution < -0.4 is 4.72 Å². The number of para-hydroxylation sites is 1. The van der Waals surface area contributed by atoms with Crippen molar-refractivity contribution in [2.45, 2.75) is 19.4 Å². The highest BCUT2D eigenvalue weighted by molar-refractivity contribution is 7.92. The molecule has 0 heterocycles. The third-order valence-electron chi connectivity index (χ3n) is 2.57. The molecule has 0 radical (unpaired) electrons. The summed E-state index contributed by atoms with van der Waals surface area (Å²) in [5.41, 5.74) is 1.41. The van der Waals surface area contributed by atoms with Crippen molar-refractivity contribution in [2.24, 2.45) is 0 Å². The number of carbonyl (C=O) groups is 1. The van der Waals surface area contributed by atoms with Gasteiger partial charge in [-0.3, -0.25) is 9.52 Å². The summed E-state index contributed by atoms with van der Waals surface area (Å²) in [5.74, 6) is -1.19. The molecule has 0 bridgehead atoms. The van der Waals surface area contributed by atoms with Crippen LogP contribution in [0.15, 0.2) is 24.3 Å². The summed E-state index contributed by atoms with van der Waals surface area (Å²) in [5, 5.41) is 8.52. The molecule has 1 aromatic rings. The first kappa shape index (κ1) is 16.5. The number of benzene rings is 1. The third kappa shape index (κ3) is 6.03. The van der Waals surface area contributed by atoms with E-state index >= 15 is 0 Å². The second kappa shape index (κ2) is 7.25. The summed E-state index contributed by atoms with van der Waals surface area (Å²) in [4.78, 5) is 12.3. The molecule has 20 heavy (non-hydrogen) atoms. The van der Waals surface area contributed by atoms with Crippen molar-refractivity contribution in [3.63, 3.8) is 0 Å². The molecule has 0 fully saturated rings. The number of carboxylic acids is 1. The summed E-state index contributed by atoms with van der Waals surface area (Å²) in [6.07, 6.45) is -0.0548. The van der Waals surface area contributed by atoms with Gasteiger partial charge in [0.25, 0.3) is 0 Å². The number of hydrogen-bond donors (Lipinski definition) is 2. The summed E-state index contributed by atoms with van der Waals surface area (Å²) in [6.45, 7) is 0.619. The lowest BCUT2D eigenvalue weighted by molar-refractivity contribution is -0.137. The zero-order valence-electron chi connectivity index (χ0n) is 11.7. The summed E-state index contributed by atoms with van der Waals surface area (Å²) < 4.78 is 26.3. The van der Waals surface area contributed by atoms with E-state index in [2.05, 4.69) is 4.72 Å². The Morgan fingerprint density at radius 3 is 2.55 bits per heavy atom. The topological polar surface area (TPSA) is 86.7 Å². The summed E-state index contributed by atoms with van der Waals surface area (Å²) in [7, 11) is 0.281. The lowest BCUT2D eigenvalue weighted by Gasteiger charge is -2.15. The van der Waals surface area contributed by atoms with Gasteiger partial charge in [0.05, 0.1) is 11.4 Å². The minimum absolute atomic E-state index is 0.0977. The van der Waals surface area contributed by atoms with Crippen LogP contribution >= 0.6 is 0 Å². The van der Waals surface area contributed by atoms with Crippen molar-refractivity contribution in [3.05, 3.63) is 29.8 Å². The van der Waals surface area contributed by atoms with E-state index in [-0.39, 0.29) is 18.6 Å². The van der Waals surface area contributed by atoms with Gasteiger partial charge < -0.3 is 10.0 Å². The van der Waals surface area contributed by atoms with Gasteiger partial charge >= 0.3 is 5.97 Å². The number of rotatable bonds is 8. The predicted octanol–water partition coefficient (Wildman–Crippen LogP) is 1.35. The largest absolute Gasteiger partial charge is 0.481 e. The van der Waals surface area contributed by atoms with Crippen molar-refractivity contribution in [2.75, 3.05) is 24.6 Å². The molecule has 2 N–H and O–H groups in total. The second-order valence-electron chi connectivity index (χ2n) is 4.81. The molecule has 0 aromatic heterocycles. The Bertz CT molecular complexity index is 555. The molecule has 0 aliphatic rings. The van der Waals surface area contributed by atoms with Gasteiger partial charge in [0.2, 0.25) is 10.0 Å². The summed E-state index contributed by atoms with van der Waals surface area (Å²) >= 11 is 0. The monoisotopic (exact) mass is 300 g/mol. The average Bonchev–Trinajstić information content (AvgIpc) is 2.29. The molecule has 7 heteroatoms. The second-order valence-corrected chi connectivity index (χ2v) is 6.66. The van der Waals surface area contributed by atoms with Crippen LogP contribution in [0.25, 0.3) is 0 Å². The molecule has 0 spiro atoms. The Kier molecular flexibility index (Phi) is 5.97. The molecule has 112 valence electrons. The number of nitrogens with one attached hydrogen (secondary N) is 1. The van der Waals surface area contributed by atoms with E-state index in [4.69, 9.17) is 5.11 Å². The molecule has 0 amide bonds. The van der Waals surface area contributed by atoms with Crippen molar-refractivity contribution in [1.82, 2.24) is 4.90 Å². The van der Waals surface area contributed by atoms with Crippen molar-refractivity contribution >= 4 is 21.7 Å². The van der Waals surface area contributed by atoms with Gasteiger partial charge in [-0.25, -0.2) is 8.42 Å². The van der Waals surface area contributed by atoms with E-state index in [0.29, 0.717) is 12.2 Å². The number of carboxylic acid groups (broad SMARTS) is 1. The fraction of sp³-hybridized carbons (Fsp3) is 0.462. The highest BCUT2D eigenvalue weighted by Crippen LogP contribution is 2.18. The quantitative estimate of drug-likeness (QED) is 0.757. The molecule has 0 aliphatic carbocycles. The highest BCUT2D eigenvalue weighted by Gasteiger charge is 2.13. The highest BCUT2D eigenvalue weighted by atomic mass is 32.2. The van der Waals surface area contributed by atoms with Crippen LogP contribution in [0.1, 0.15) is 18.4 Å². The molecular formula is C13H20N2O4S. The maximum absolute atomic E-state index is 11.9. The lowest BCUT2D eigenvalue weighted by atomic mass is 10.2. The number of hydrogen-bond acceptors (Lipinski definition) is 4. The number of nitrogens with zero attached hydrogens (tertiary/aromatic N) is 1. The Balaban J connectivity index is 2.74. The van der Waals surface area contributed by atoms with Crippen molar-refractivity contribution in [3.8, 4) is 0 Å². The maximum atomic E-state index is 11.9. The SMILES string of the molecule is CN(C)Cc1ccccc1NS(=O)(=O)CCCC(=O)O.